The predicted octanol–water partition coefficient (Wildman–Crippen LogP) is 8.23. The first-order valence-corrected chi connectivity index (χ1v) is 12.2. The van der Waals surface area contributed by atoms with Crippen LogP contribution in [0.4, 0.5) is 10.1 Å². The molecular weight excluding hydrogens is 469 g/mol. The molecule has 6 heteroatoms. The van der Waals surface area contributed by atoms with Gasteiger partial charge in [0, 0.05) is 27.2 Å². The number of nitrogens with one attached hydrogen (secondary N) is 1. The molecule has 0 heterocycles. The number of hydrogen-bond donors (Lipinski definition) is 1. The molecule has 0 saturated heterocycles. The van der Waals surface area contributed by atoms with Crippen molar-refractivity contribution >= 4 is 35.0 Å². The van der Waals surface area contributed by atoms with Crippen LogP contribution in [0.1, 0.15) is 12.5 Å². The largest absolute Gasteiger partial charge is 0.457 e. The van der Waals surface area contributed by atoms with Crippen LogP contribution in [0.15, 0.2) is 95.9 Å². The van der Waals surface area contributed by atoms with Crippen LogP contribution in [-0.4, -0.2) is 11.7 Å². The number of carbonyl (C=O) groups excluding carboxylic acids is 1. The Hall–Kier alpha value is -3.28. The standard InChI is InChI=1S/C28H23ClFNO2S/c1-2-34-25-13-6-19(7-14-25)16-28(32)31-23-12-15-26(20-8-10-22(30)11-9-20)27(18-23)33-24-5-3-4-21(29)17-24/h3-15,17-18H,2,16H2,1H3,(H,31,32). The minimum absolute atomic E-state index is 0.126. The molecule has 0 radical (unpaired) electrons. The van der Waals surface area contributed by atoms with E-state index in [-0.39, 0.29) is 18.1 Å². The number of amides is 1. The second-order valence-corrected chi connectivity index (χ2v) is 9.35. The van der Waals surface area contributed by atoms with E-state index >= 15 is 0 Å². The maximum atomic E-state index is 13.4. The highest BCUT2D eigenvalue weighted by atomic mass is 35.5. The molecule has 0 aliphatic carbocycles. The number of rotatable bonds is 8. The Morgan fingerprint density at radius 1 is 0.971 bits per heavy atom. The Balaban J connectivity index is 1.56. The van der Waals surface area contributed by atoms with Gasteiger partial charge in [0.05, 0.1) is 6.42 Å². The van der Waals surface area contributed by atoms with Gasteiger partial charge in [-0.1, -0.05) is 48.9 Å². The van der Waals surface area contributed by atoms with Crippen LogP contribution in [0.25, 0.3) is 11.1 Å². The Morgan fingerprint density at radius 3 is 2.44 bits per heavy atom. The quantitative estimate of drug-likeness (QED) is 0.252. The van der Waals surface area contributed by atoms with Gasteiger partial charge in [0.2, 0.25) is 5.91 Å². The number of carbonyl (C=O) groups is 1. The van der Waals surface area contributed by atoms with Crippen molar-refractivity contribution in [2.45, 2.75) is 18.2 Å². The van der Waals surface area contributed by atoms with Crippen molar-refractivity contribution in [2.24, 2.45) is 0 Å². The third-order valence-electron chi connectivity index (χ3n) is 5.04. The number of hydrogen-bond acceptors (Lipinski definition) is 3. The second-order valence-electron chi connectivity index (χ2n) is 7.58. The summed E-state index contributed by atoms with van der Waals surface area (Å²) < 4.78 is 19.6. The monoisotopic (exact) mass is 491 g/mol. The molecule has 0 saturated carbocycles. The van der Waals surface area contributed by atoms with Gasteiger partial charge in [0.15, 0.2) is 0 Å². The zero-order chi connectivity index (χ0) is 23.9. The van der Waals surface area contributed by atoms with E-state index in [9.17, 15) is 9.18 Å². The van der Waals surface area contributed by atoms with Crippen molar-refractivity contribution in [2.75, 3.05) is 11.1 Å². The number of halogens is 2. The molecule has 1 amide bonds. The first-order valence-electron chi connectivity index (χ1n) is 10.8. The Labute approximate surface area is 207 Å². The molecule has 4 aromatic rings. The summed E-state index contributed by atoms with van der Waals surface area (Å²) in [6.07, 6.45) is 0.265. The van der Waals surface area contributed by atoms with Crippen LogP contribution in [0.5, 0.6) is 11.5 Å². The number of thioether (sulfide) groups is 1. The van der Waals surface area contributed by atoms with E-state index in [4.69, 9.17) is 16.3 Å². The normalized spacial score (nSPS) is 10.7. The Kier molecular flexibility index (Phi) is 7.88. The molecule has 0 unspecified atom stereocenters. The summed E-state index contributed by atoms with van der Waals surface area (Å²) in [4.78, 5) is 13.9. The fourth-order valence-corrected chi connectivity index (χ4v) is 4.31. The van der Waals surface area contributed by atoms with Gasteiger partial charge in [-0.25, -0.2) is 4.39 Å². The summed E-state index contributed by atoms with van der Waals surface area (Å²) in [7, 11) is 0. The van der Waals surface area contributed by atoms with Crippen molar-refractivity contribution in [1.29, 1.82) is 0 Å². The van der Waals surface area contributed by atoms with Crippen LogP contribution >= 0.6 is 23.4 Å². The molecule has 0 aromatic heterocycles. The van der Waals surface area contributed by atoms with E-state index in [1.54, 1.807) is 54.2 Å². The summed E-state index contributed by atoms with van der Waals surface area (Å²) in [5.41, 5.74) is 3.10. The van der Waals surface area contributed by atoms with Crippen LogP contribution in [-0.2, 0) is 11.2 Å². The zero-order valence-electron chi connectivity index (χ0n) is 18.6. The van der Waals surface area contributed by atoms with Crippen molar-refractivity contribution < 1.29 is 13.9 Å². The molecule has 172 valence electrons. The highest BCUT2D eigenvalue weighted by molar-refractivity contribution is 7.99. The second kappa shape index (κ2) is 11.2. The Morgan fingerprint density at radius 2 is 1.74 bits per heavy atom. The maximum absolute atomic E-state index is 13.4. The zero-order valence-corrected chi connectivity index (χ0v) is 20.1. The molecule has 0 bridgehead atoms. The number of ether oxygens (including phenoxy) is 1. The third-order valence-corrected chi connectivity index (χ3v) is 6.17. The molecule has 4 rings (SSSR count). The van der Waals surface area contributed by atoms with Crippen molar-refractivity contribution in [3.8, 4) is 22.6 Å². The minimum atomic E-state index is -0.314. The van der Waals surface area contributed by atoms with E-state index in [1.165, 1.54) is 17.0 Å². The molecule has 0 fully saturated rings. The van der Waals surface area contributed by atoms with Gasteiger partial charge in [-0.3, -0.25) is 4.79 Å². The first-order chi connectivity index (χ1) is 16.5. The highest BCUT2D eigenvalue weighted by Crippen LogP contribution is 2.36. The minimum Gasteiger partial charge on any atom is -0.457 e. The lowest BCUT2D eigenvalue weighted by Gasteiger charge is -2.14. The molecule has 0 spiro atoms. The molecule has 0 atom stereocenters. The van der Waals surface area contributed by atoms with Gasteiger partial charge in [-0.05, 0) is 71.5 Å². The third kappa shape index (κ3) is 6.40. The van der Waals surface area contributed by atoms with Crippen LogP contribution in [0.2, 0.25) is 5.02 Å². The molecule has 34 heavy (non-hydrogen) atoms. The summed E-state index contributed by atoms with van der Waals surface area (Å²) in [6, 6.07) is 26.7. The molecule has 4 aromatic carbocycles. The van der Waals surface area contributed by atoms with Gasteiger partial charge < -0.3 is 10.1 Å². The predicted molar refractivity (Wildman–Crippen MR) is 139 cm³/mol. The van der Waals surface area contributed by atoms with Crippen LogP contribution in [0.3, 0.4) is 0 Å². The van der Waals surface area contributed by atoms with Gasteiger partial charge in [0.1, 0.15) is 17.3 Å². The average Bonchev–Trinajstić information content (AvgIpc) is 2.81. The van der Waals surface area contributed by atoms with Crippen molar-refractivity contribution in [3.05, 3.63) is 107 Å². The summed E-state index contributed by atoms with van der Waals surface area (Å²) in [6.45, 7) is 2.11. The number of benzene rings is 4. The van der Waals surface area contributed by atoms with Gasteiger partial charge in [-0.15, -0.1) is 11.8 Å². The summed E-state index contributed by atoms with van der Waals surface area (Å²) in [5.74, 6) is 1.65. The lowest BCUT2D eigenvalue weighted by atomic mass is 10.0. The van der Waals surface area contributed by atoms with Crippen LogP contribution in [0, 0.1) is 5.82 Å². The van der Waals surface area contributed by atoms with E-state index in [1.807, 2.05) is 36.4 Å². The van der Waals surface area contributed by atoms with E-state index < -0.39 is 0 Å². The summed E-state index contributed by atoms with van der Waals surface area (Å²) >= 11 is 7.87. The molecule has 1 N–H and O–H groups in total. The molecule has 0 aliphatic rings. The van der Waals surface area contributed by atoms with E-state index in [0.29, 0.717) is 22.2 Å². The number of anilines is 1. The first kappa shape index (κ1) is 23.9. The van der Waals surface area contributed by atoms with Gasteiger partial charge in [0.25, 0.3) is 0 Å². The van der Waals surface area contributed by atoms with Crippen molar-refractivity contribution in [1.82, 2.24) is 0 Å². The van der Waals surface area contributed by atoms with E-state index in [0.717, 1.165) is 22.4 Å². The SMILES string of the molecule is CCSc1ccc(CC(=O)Nc2ccc(-c3ccc(F)cc3)c(Oc3cccc(Cl)c3)c2)cc1. The summed E-state index contributed by atoms with van der Waals surface area (Å²) in [5, 5.41) is 3.49. The Bertz CT molecular complexity index is 1280. The highest BCUT2D eigenvalue weighted by Gasteiger charge is 2.12. The molecule has 0 aliphatic heterocycles. The fourth-order valence-electron chi connectivity index (χ4n) is 3.47. The van der Waals surface area contributed by atoms with Gasteiger partial charge in [-0.2, -0.15) is 0 Å². The van der Waals surface area contributed by atoms with E-state index in [2.05, 4.69) is 12.2 Å². The molecule has 3 nitrogen and oxygen atoms in total. The lowest BCUT2D eigenvalue weighted by molar-refractivity contribution is -0.115. The van der Waals surface area contributed by atoms with Crippen LogP contribution < -0.4 is 10.1 Å². The lowest BCUT2D eigenvalue weighted by Crippen LogP contribution is -2.14. The fraction of sp³-hybridized carbons (Fsp3) is 0.107. The smallest absolute Gasteiger partial charge is 0.228 e. The topological polar surface area (TPSA) is 38.3 Å². The maximum Gasteiger partial charge on any atom is 0.228 e. The average molecular weight is 492 g/mol. The van der Waals surface area contributed by atoms with Crippen molar-refractivity contribution in [3.63, 3.8) is 0 Å². The molecular formula is C28H23ClFNO2S. The van der Waals surface area contributed by atoms with Gasteiger partial charge >= 0.3 is 0 Å².